The number of nitrogens with one attached hydrogen (secondary N) is 1. The maximum Gasteiger partial charge on any atom is 0.318 e. The summed E-state index contributed by atoms with van der Waals surface area (Å²) >= 11 is 6.13. The van der Waals surface area contributed by atoms with E-state index in [1.54, 1.807) is 23.2 Å². The fourth-order valence-corrected chi connectivity index (χ4v) is 3.67. The molecule has 2 aromatic rings. The zero-order chi connectivity index (χ0) is 19.4. The van der Waals surface area contributed by atoms with Gasteiger partial charge in [0, 0.05) is 24.3 Å². The van der Waals surface area contributed by atoms with E-state index >= 15 is 0 Å². The number of rotatable bonds is 4. The second kappa shape index (κ2) is 8.39. The van der Waals surface area contributed by atoms with Crippen LogP contribution in [0.3, 0.4) is 0 Å². The van der Waals surface area contributed by atoms with Gasteiger partial charge in [0.25, 0.3) is 0 Å². The third kappa shape index (κ3) is 4.77. The number of hydrogen-bond acceptors (Lipinski definition) is 3. The summed E-state index contributed by atoms with van der Waals surface area (Å²) in [6, 6.07) is 12.0. The number of amides is 2. The molecule has 1 saturated heterocycles. The van der Waals surface area contributed by atoms with Crippen LogP contribution in [0.15, 0.2) is 48.7 Å². The maximum absolute atomic E-state index is 12.9. The van der Waals surface area contributed by atoms with Gasteiger partial charge in [-0.2, -0.15) is 0 Å². The van der Waals surface area contributed by atoms with Gasteiger partial charge in [0.15, 0.2) is 0 Å². The molecule has 3 rings (SSSR count). The van der Waals surface area contributed by atoms with Gasteiger partial charge in [0.1, 0.15) is 0 Å². The standard InChI is InChI=1S/C20H22ClN3O3/c1-13-9-15(19(25)26)12-24(11-13)20(27)23-18(17-7-2-3-8-22-17)14-5-4-6-16(21)10-14/h2-8,10,13,15,18H,9,11-12H2,1H3,(H,23,27)(H,25,26). The molecule has 0 bridgehead atoms. The van der Waals surface area contributed by atoms with Gasteiger partial charge >= 0.3 is 12.0 Å². The third-order valence-corrected chi connectivity index (χ3v) is 4.96. The molecule has 1 aliphatic rings. The highest BCUT2D eigenvalue weighted by Gasteiger charge is 2.33. The predicted octanol–water partition coefficient (Wildman–Crippen LogP) is 3.58. The summed E-state index contributed by atoms with van der Waals surface area (Å²) in [6.07, 6.45) is 2.25. The van der Waals surface area contributed by atoms with Crippen molar-refractivity contribution in [1.82, 2.24) is 15.2 Å². The van der Waals surface area contributed by atoms with Gasteiger partial charge in [0.2, 0.25) is 0 Å². The summed E-state index contributed by atoms with van der Waals surface area (Å²) in [5.74, 6) is -1.28. The predicted molar refractivity (Wildman–Crippen MR) is 103 cm³/mol. The van der Waals surface area contributed by atoms with Crippen molar-refractivity contribution >= 4 is 23.6 Å². The van der Waals surface area contributed by atoms with Gasteiger partial charge in [0.05, 0.1) is 17.7 Å². The van der Waals surface area contributed by atoms with Crippen molar-refractivity contribution < 1.29 is 14.7 Å². The monoisotopic (exact) mass is 387 g/mol. The molecular formula is C20H22ClN3O3. The summed E-state index contributed by atoms with van der Waals surface area (Å²) in [4.78, 5) is 30.3. The lowest BCUT2D eigenvalue weighted by molar-refractivity contribution is -0.143. The first-order chi connectivity index (χ1) is 12.9. The number of benzene rings is 1. The van der Waals surface area contributed by atoms with E-state index in [0.717, 1.165) is 5.56 Å². The van der Waals surface area contributed by atoms with Gasteiger partial charge in [-0.05, 0) is 42.2 Å². The van der Waals surface area contributed by atoms with Crippen LogP contribution in [-0.4, -0.2) is 40.1 Å². The van der Waals surface area contributed by atoms with E-state index in [1.165, 1.54) is 0 Å². The molecule has 142 valence electrons. The minimum atomic E-state index is -0.865. The SMILES string of the molecule is CC1CC(C(=O)O)CN(C(=O)NC(c2cccc(Cl)c2)c2ccccn2)C1. The zero-order valence-corrected chi connectivity index (χ0v) is 15.8. The van der Waals surface area contributed by atoms with Gasteiger partial charge in [-0.25, -0.2) is 4.79 Å². The number of aromatic nitrogens is 1. The van der Waals surface area contributed by atoms with Gasteiger partial charge in [-0.3, -0.25) is 9.78 Å². The number of piperidine rings is 1. The van der Waals surface area contributed by atoms with Crippen LogP contribution in [0.1, 0.15) is 30.6 Å². The molecule has 1 aromatic heterocycles. The number of halogens is 1. The van der Waals surface area contributed by atoms with Crippen LogP contribution >= 0.6 is 11.6 Å². The molecule has 2 N–H and O–H groups in total. The number of carboxylic acids is 1. The highest BCUT2D eigenvalue weighted by Crippen LogP contribution is 2.25. The lowest BCUT2D eigenvalue weighted by Gasteiger charge is -2.35. The van der Waals surface area contributed by atoms with Crippen molar-refractivity contribution in [1.29, 1.82) is 0 Å². The Morgan fingerprint density at radius 3 is 2.74 bits per heavy atom. The highest BCUT2D eigenvalue weighted by molar-refractivity contribution is 6.30. The second-order valence-corrected chi connectivity index (χ2v) is 7.41. The molecule has 2 amide bonds. The summed E-state index contributed by atoms with van der Waals surface area (Å²) < 4.78 is 0. The average molecular weight is 388 g/mol. The Balaban J connectivity index is 1.83. The van der Waals surface area contributed by atoms with Gasteiger partial charge in [-0.1, -0.05) is 36.7 Å². The van der Waals surface area contributed by atoms with Crippen molar-refractivity contribution in [2.45, 2.75) is 19.4 Å². The van der Waals surface area contributed by atoms with Crippen LogP contribution in [0, 0.1) is 11.8 Å². The van der Waals surface area contributed by atoms with Crippen LogP contribution in [0.5, 0.6) is 0 Å². The number of nitrogens with zero attached hydrogens (tertiary/aromatic N) is 2. The van der Waals surface area contributed by atoms with E-state index in [2.05, 4.69) is 10.3 Å². The Morgan fingerprint density at radius 2 is 2.07 bits per heavy atom. The van der Waals surface area contributed by atoms with Crippen LogP contribution in [-0.2, 0) is 4.79 Å². The third-order valence-electron chi connectivity index (χ3n) is 4.73. The number of aliphatic carboxylic acids is 1. The molecule has 1 fully saturated rings. The number of likely N-dealkylation sites (tertiary alicyclic amines) is 1. The normalized spacial score (nSPS) is 20.7. The first-order valence-corrected chi connectivity index (χ1v) is 9.26. The van der Waals surface area contributed by atoms with Crippen molar-refractivity contribution in [3.63, 3.8) is 0 Å². The van der Waals surface area contributed by atoms with Crippen LogP contribution in [0.25, 0.3) is 0 Å². The van der Waals surface area contributed by atoms with E-state index in [9.17, 15) is 14.7 Å². The lowest BCUT2D eigenvalue weighted by atomic mass is 9.91. The Hall–Kier alpha value is -2.60. The van der Waals surface area contributed by atoms with Crippen LogP contribution in [0.2, 0.25) is 5.02 Å². The smallest absolute Gasteiger partial charge is 0.318 e. The first kappa shape index (κ1) is 19.2. The molecule has 0 aliphatic carbocycles. The molecule has 2 heterocycles. The molecular weight excluding hydrogens is 366 g/mol. The maximum atomic E-state index is 12.9. The highest BCUT2D eigenvalue weighted by atomic mass is 35.5. The molecule has 7 heteroatoms. The van der Waals surface area contributed by atoms with Gasteiger partial charge < -0.3 is 15.3 Å². The molecule has 0 radical (unpaired) electrons. The van der Waals surface area contributed by atoms with Crippen LogP contribution in [0.4, 0.5) is 4.79 Å². The summed E-state index contributed by atoms with van der Waals surface area (Å²) in [6.45, 7) is 2.69. The molecule has 0 saturated carbocycles. The quantitative estimate of drug-likeness (QED) is 0.840. The summed E-state index contributed by atoms with van der Waals surface area (Å²) in [5.41, 5.74) is 1.50. The Morgan fingerprint density at radius 1 is 1.26 bits per heavy atom. The van der Waals surface area contributed by atoms with Gasteiger partial charge in [-0.15, -0.1) is 0 Å². The van der Waals surface area contributed by atoms with E-state index in [-0.39, 0.29) is 18.5 Å². The molecule has 6 nitrogen and oxygen atoms in total. The number of carboxylic acid groups (broad SMARTS) is 1. The fourth-order valence-electron chi connectivity index (χ4n) is 3.47. The average Bonchev–Trinajstić information content (AvgIpc) is 2.66. The van der Waals surface area contributed by atoms with Crippen LogP contribution < -0.4 is 5.32 Å². The number of carbonyl (C=O) groups excluding carboxylic acids is 1. The first-order valence-electron chi connectivity index (χ1n) is 8.88. The fraction of sp³-hybridized carbons (Fsp3) is 0.350. The minimum absolute atomic E-state index is 0.130. The molecule has 0 spiro atoms. The largest absolute Gasteiger partial charge is 0.481 e. The molecule has 1 aromatic carbocycles. The van der Waals surface area contributed by atoms with E-state index < -0.39 is 17.9 Å². The minimum Gasteiger partial charge on any atom is -0.481 e. The van der Waals surface area contributed by atoms with Crippen molar-refractivity contribution in [2.24, 2.45) is 11.8 Å². The molecule has 27 heavy (non-hydrogen) atoms. The Kier molecular flexibility index (Phi) is 5.96. The van der Waals surface area contributed by atoms with Crippen molar-refractivity contribution in [2.75, 3.05) is 13.1 Å². The summed E-state index contributed by atoms with van der Waals surface area (Å²) in [7, 11) is 0. The van der Waals surface area contributed by atoms with E-state index in [1.807, 2.05) is 37.3 Å². The Bertz CT molecular complexity index is 815. The zero-order valence-electron chi connectivity index (χ0n) is 15.0. The number of pyridine rings is 1. The molecule has 3 atom stereocenters. The van der Waals surface area contributed by atoms with E-state index in [0.29, 0.717) is 23.7 Å². The number of urea groups is 1. The molecule has 3 unspecified atom stereocenters. The Labute approximate surface area is 163 Å². The van der Waals surface area contributed by atoms with Crippen molar-refractivity contribution in [3.05, 3.63) is 64.9 Å². The van der Waals surface area contributed by atoms with Crippen molar-refractivity contribution in [3.8, 4) is 0 Å². The molecule has 1 aliphatic heterocycles. The topological polar surface area (TPSA) is 82.5 Å². The number of carbonyl (C=O) groups is 2. The number of hydrogen-bond donors (Lipinski definition) is 2. The second-order valence-electron chi connectivity index (χ2n) is 6.97. The van der Waals surface area contributed by atoms with E-state index in [4.69, 9.17) is 11.6 Å². The summed E-state index contributed by atoms with van der Waals surface area (Å²) in [5, 5.41) is 12.9. The lowest BCUT2D eigenvalue weighted by Crippen LogP contribution is -2.50.